The van der Waals surface area contributed by atoms with E-state index in [0.717, 1.165) is 16.8 Å². The third-order valence-electron chi connectivity index (χ3n) is 4.28. The number of benzene rings is 2. The predicted octanol–water partition coefficient (Wildman–Crippen LogP) is 3.42. The van der Waals surface area contributed by atoms with Crippen molar-refractivity contribution >= 4 is 23.5 Å². The van der Waals surface area contributed by atoms with Crippen molar-refractivity contribution in [2.75, 3.05) is 11.9 Å². The molecule has 28 heavy (non-hydrogen) atoms. The molecular formula is C22H26N2O4. The Labute approximate surface area is 165 Å². The highest BCUT2D eigenvalue weighted by Gasteiger charge is 2.20. The van der Waals surface area contributed by atoms with Gasteiger partial charge < -0.3 is 15.4 Å². The van der Waals surface area contributed by atoms with E-state index in [0.29, 0.717) is 5.56 Å². The summed E-state index contributed by atoms with van der Waals surface area (Å²) in [6.45, 7) is 7.19. The monoisotopic (exact) mass is 382 g/mol. The maximum atomic E-state index is 12.5. The van der Waals surface area contributed by atoms with Gasteiger partial charge in [0.1, 0.15) is 6.54 Å². The Morgan fingerprint density at radius 3 is 2.29 bits per heavy atom. The molecule has 1 atom stereocenters. The molecule has 2 N–H and O–H groups in total. The lowest BCUT2D eigenvalue weighted by molar-refractivity contribution is -0.152. The van der Waals surface area contributed by atoms with Crippen molar-refractivity contribution in [2.45, 2.75) is 39.7 Å². The summed E-state index contributed by atoms with van der Waals surface area (Å²) >= 11 is 0. The fraction of sp³-hybridized carbons (Fsp3) is 0.318. The summed E-state index contributed by atoms with van der Waals surface area (Å²) in [6, 6.07) is 14.4. The van der Waals surface area contributed by atoms with Crippen LogP contribution in [0.5, 0.6) is 0 Å². The molecule has 0 radical (unpaired) electrons. The van der Waals surface area contributed by atoms with Gasteiger partial charge in [-0.25, -0.2) is 0 Å². The molecule has 0 aliphatic rings. The Morgan fingerprint density at radius 1 is 0.964 bits per heavy atom. The number of para-hydroxylation sites is 1. The summed E-state index contributed by atoms with van der Waals surface area (Å²) in [5.41, 5.74) is 3.14. The molecule has 2 aromatic rings. The van der Waals surface area contributed by atoms with Gasteiger partial charge in [0.15, 0.2) is 6.10 Å². The molecule has 0 fully saturated rings. The van der Waals surface area contributed by atoms with Crippen LogP contribution in [0.15, 0.2) is 48.5 Å². The van der Waals surface area contributed by atoms with Gasteiger partial charge in [-0.3, -0.25) is 14.4 Å². The Kier molecular flexibility index (Phi) is 7.32. The zero-order chi connectivity index (χ0) is 20.7. The largest absolute Gasteiger partial charge is 0.451 e. The predicted molar refractivity (Wildman–Crippen MR) is 108 cm³/mol. The number of hydrogen-bond donors (Lipinski definition) is 2. The number of carbonyl (C=O) groups excluding carboxylic acids is 3. The van der Waals surface area contributed by atoms with Crippen LogP contribution >= 0.6 is 0 Å². The van der Waals surface area contributed by atoms with Crippen molar-refractivity contribution in [3.8, 4) is 0 Å². The zero-order valence-electron chi connectivity index (χ0n) is 16.6. The molecule has 0 saturated heterocycles. The van der Waals surface area contributed by atoms with E-state index in [1.807, 2.05) is 39.0 Å². The van der Waals surface area contributed by atoms with Crippen LogP contribution in [-0.2, 0) is 14.3 Å². The lowest BCUT2D eigenvalue weighted by atomic mass is 9.98. The Morgan fingerprint density at radius 2 is 1.64 bits per heavy atom. The number of rotatable bonds is 7. The van der Waals surface area contributed by atoms with Gasteiger partial charge in [-0.2, -0.15) is 0 Å². The van der Waals surface area contributed by atoms with Crippen molar-refractivity contribution in [1.82, 2.24) is 5.32 Å². The molecule has 2 aromatic carbocycles. The molecule has 2 rings (SSSR count). The first-order valence-corrected chi connectivity index (χ1v) is 9.22. The molecule has 6 nitrogen and oxygen atoms in total. The highest BCUT2D eigenvalue weighted by molar-refractivity contribution is 5.98. The second kappa shape index (κ2) is 9.69. The van der Waals surface area contributed by atoms with Crippen LogP contribution in [0.25, 0.3) is 0 Å². The minimum Gasteiger partial charge on any atom is -0.451 e. The van der Waals surface area contributed by atoms with E-state index < -0.39 is 18.0 Å². The highest BCUT2D eigenvalue weighted by Crippen LogP contribution is 2.27. The van der Waals surface area contributed by atoms with Gasteiger partial charge >= 0.3 is 5.97 Å². The lowest BCUT2D eigenvalue weighted by Gasteiger charge is -2.19. The van der Waals surface area contributed by atoms with Crippen LogP contribution in [-0.4, -0.2) is 30.4 Å². The fourth-order valence-electron chi connectivity index (χ4n) is 2.70. The van der Waals surface area contributed by atoms with E-state index in [9.17, 15) is 14.4 Å². The van der Waals surface area contributed by atoms with Gasteiger partial charge in [0.25, 0.3) is 11.8 Å². The second-order valence-electron chi connectivity index (χ2n) is 6.86. The molecule has 0 aliphatic carbocycles. The minimum absolute atomic E-state index is 0.237. The summed E-state index contributed by atoms with van der Waals surface area (Å²) in [6.07, 6.45) is -0.985. The normalized spacial score (nSPS) is 11.6. The van der Waals surface area contributed by atoms with Crippen LogP contribution in [0.2, 0.25) is 0 Å². The molecule has 0 aromatic heterocycles. The number of hydrogen-bond acceptors (Lipinski definition) is 4. The van der Waals surface area contributed by atoms with Crippen molar-refractivity contribution in [2.24, 2.45) is 0 Å². The van der Waals surface area contributed by atoms with E-state index >= 15 is 0 Å². The Bertz CT molecular complexity index is 847. The maximum absolute atomic E-state index is 12.5. The van der Waals surface area contributed by atoms with E-state index in [4.69, 9.17) is 4.74 Å². The molecule has 0 saturated carbocycles. The van der Waals surface area contributed by atoms with Gasteiger partial charge in [-0.05, 0) is 43.0 Å². The molecule has 148 valence electrons. The summed E-state index contributed by atoms with van der Waals surface area (Å²) in [4.78, 5) is 36.4. The van der Waals surface area contributed by atoms with Gasteiger partial charge in [0.05, 0.1) is 0 Å². The molecular weight excluding hydrogens is 356 g/mol. The number of ether oxygens (including phenoxy) is 1. The topological polar surface area (TPSA) is 84.5 Å². The number of anilines is 1. The van der Waals surface area contributed by atoms with Crippen molar-refractivity contribution in [3.05, 3.63) is 65.2 Å². The fourth-order valence-corrected chi connectivity index (χ4v) is 2.70. The number of carbonyl (C=O) groups is 3. The molecule has 0 bridgehead atoms. The molecule has 0 aliphatic heterocycles. The van der Waals surface area contributed by atoms with Gasteiger partial charge in [0.2, 0.25) is 0 Å². The third-order valence-corrected chi connectivity index (χ3v) is 4.28. The number of aryl methyl sites for hydroxylation is 1. The van der Waals surface area contributed by atoms with Gasteiger partial charge in [-0.1, -0.05) is 50.2 Å². The van der Waals surface area contributed by atoms with Crippen LogP contribution in [0.1, 0.15) is 48.2 Å². The van der Waals surface area contributed by atoms with E-state index in [-0.39, 0.29) is 18.4 Å². The summed E-state index contributed by atoms with van der Waals surface area (Å²) in [5.74, 6) is -1.24. The zero-order valence-corrected chi connectivity index (χ0v) is 16.6. The standard InChI is InChI=1S/C22H26N2O4/c1-14(2)18-12-8-9-15(3)20(18)24-21(26)16(4)28-19(25)13-23-22(27)17-10-6-5-7-11-17/h5-12,14,16H,13H2,1-4H3,(H,23,27)(H,24,26)/t16-/m1/s1. The average molecular weight is 382 g/mol. The Hall–Kier alpha value is -3.15. The highest BCUT2D eigenvalue weighted by atomic mass is 16.5. The first-order chi connectivity index (χ1) is 13.3. The summed E-state index contributed by atoms with van der Waals surface area (Å²) in [7, 11) is 0. The van der Waals surface area contributed by atoms with Crippen LogP contribution in [0.3, 0.4) is 0 Å². The first kappa shape index (κ1) is 21.2. The number of nitrogens with one attached hydrogen (secondary N) is 2. The number of esters is 1. The Balaban J connectivity index is 1.90. The lowest BCUT2D eigenvalue weighted by Crippen LogP contribution is -2.36. The first-order valence-electron chi connectivity index (χ1n) is 9.22. The quantitative estimate of drug-likeness (QED) is 0.719. The van der Waals surface area contributed by atoms with Gasteiger partial charge in [0, 0.05) is 11.3 Å². The molecule has 6 heteroatoms. The SMILES string of the molecule is Cc1cccc(C(C)C)c1NC(=O)[C@@H](C)OC(=O)CNC(=O)c1ccccc1. The maximum Gasteiger partial charge on any atom is 0.326 e. The molecule has 0 unspecified atom stereocenters. The number of amides is 2. The van der Waals surface area contributed by atoms with E-state index in [2.05, 4.69) is 10.6 Å². The molecule has 0 spiro atoms. The van der Waals surface area contributed by atoms with Crippen LogP contribution < -0.4 is 10.6 Å². The van der Waals surface area contributed by atoms with E-state index in [1.165, 1.54) is 6.92 Å². The summed E-state index contributed by atoms with van der Waals surface area (Å²) < 4.78 is 5.15. The molecule has 2 amide bonds. The average Bonchev–Trinajstić information content (AvgIpc) is 2.67. The second-order valence-corrected chi connectivity index (χ2v) is 6.86. The van der Waals surface area contributed by atoms with Gasteiger partial charge in [-0.15, -0.1) is 0 Å². The van der Waals surface area contributed by atoms with Crippen LogP contribution in [0.4, 0.5) is 5.69 Å². The van der Waals surface area contributed by atoms with E-state index in [1.54, 1.807) is 30.3 Å². The van der Waals surface area contributed by atoms with Crippen molar-refractivity contribution < 1.29 is 19.1 Å². The van der Waals surface area contributed by atoms with Crippen molar-refractivity contribution in [1.29, 1.82) is 0 Å². The van der Waals surface area contributed by atoms with Crippen molar-refractivity contribution in [3.63, 3.8) is 0 Å². The smallest absolute Gasteiger partial charge is 0.326 e. The third kappa shape index (κ3) is 5.67. The van der Waals surface area contributed by atoms with Crippen LogP contribution in [0, 0.1) is 6.92 Å². The molecule has 0 heterocycles. The summed E-state index contributed by atoms with van der Waals surface area (Å²) in [5, 5.41) is 5.33. The minimum atomic E-state index is -0.985.